The Bertz CT molecular complexity index is 447. The minimum Gasteiger partial charge on any atom is -0.476 e. The van der Waals surface area contributed by atoms with Crippen LogP contribution in [0.2, 0.25) is 0 Å². The number of carboxylic acids is 1. The van der Waals surface area contributed by atoms with Crippen LogP contribution in [0.5, 0.6) is 0 Å². The van der Waals surface area contributed by atoms with E-state index in [-0.39, 0.29) is 5.69 Å². The second-order valence-corrected chi connectivity index (χ2v) is 5.81. The van der Waals surface area contributed by atoms with E-state index in [1.807, 2.05) is 6.92 Å². The molecule has 5 nitrogen and oxygen atoms in total. The number of thiazole rings is 1. The third-order valence-corrected chi connectivity index (χ3v) is 4.46. The van der Waals surface area contributed by atoms with E-state index in [1.165, 1.54) is 11.3 Å². The highest BCUT2D eigenvalue weighted by atomic mass is 32.1. The fourth-order valence-corrected chi connectivity index (χ4v) is 3.29. The molecule has 0 saturated carbocycles. The highest BCUT2D eigenvalue weighted by Gasteiger charge is 2.25. The van der Waals surface area contributed by atoms with Crippen molar-refractivity contribution in [1.29, 1.82) is 0 Å². The van der Waals surface area contributed by atoms with Crippen LogP contribution in [0.25, 0.3) is 0 Å². The lowest BCUT2D eigenvalue weighted by molar-refractivity contribution is 0.0690. The molecule has 1 aromatic rings. The van der Waals surface area contributed by atoms with Gasteiger partial charge in [0.25, 0.3) is 0 Å². The van der Waals surface area contributed by atoms with Crippen LogP contribution in [0.15, 0.2) is 0 Å². The first-order valence-corrected chi connectivity index (χ1v) is 7.04. The number of anilines is 1. The largest absolute Gasteiger partial charge is 0.476 e. The van der Waals surface area contributed by atoms with E-state index in [0.29, 0.717) is 6.04 Å². The summed E-state index contributed by atoms with van der Waals surface area (Å²) in [5.41, 5.74) is 0.195. The van der Waals surface area contributed by atoms with Gasteiger partial charge in [-0.2, -0.15) is 0 Å². The molecule has 6 heteroatoms. The highest BCUT2D eigenvalue weighted by molar-refractivity contribution is 7.15. The number of aryl methyl sites for hydroxylation is 1. The van der Waals surface area contributed by atoms with E-state index < -0.39 is 5.97 Å². The molecular weight excluding hydrogens is 250 g/mol. The molecule has 1 N–H and O–H groups in total. The van der Waals surface area contributed by atoms with Crippen molar-refractivity contribution in [2.24, 2.45) is 0 Å². The van der Waals surface area contributed by atoms with Crippen molar-refractivity contribution in [2.45, 2.75) is 26.8 Å². The van der Waals surface area contributed by atoms with Crippen LogP contribution in [0.4, 0.5) is 5.13 Å². The van der Waals surface area contributed by atoms with Crippen molar-refractivity contribution < 1.29 is 9.90 Å². The van der Waals surface area contributed by atoms with Crippen molar-refractivity contribution >= 4 is 22.4 Å². The number of hydrogen-bond acceptors (Lipinski definition) is 5. The van der Waals surface area contributed by atoms with Crippen LogP contribution in [0.3, 0.4) is 0 Å². The summed E-state index contributed by atoms with van der Waals surface area (Å²) in [6, 6.07) is 0.487. The third-order valence-electron chi connectivity index (χ3n) is 3.43. The van der Waals surface area contributed by atoms with Gasteiger partial charge in [-0.15, -0.1) is 11.3 Å². The summed E-state index contributed by atoms with van der Waals surface area (Å²) in [6.45, 7) is 10.1. The van der Waals surface area contributed by atoms with E-state index >= 15 is 0 Å². The molecule has 0 bridgehead atoms. The molecule has 1 unspecified atom stereocenters. The van der Waals surface area contributed by atoms with E-state index in [1.54, 1.807) is 0 Å². The molecule has 1 saturated heterocycles. The van der Waals surface area contributed by atoms with E-state index in [2.05, 4.69) is 28.6 Å². The Balaban J connectivity index is 2.13. The zero-order valence-corrected chi connectivity index (χ0v) is 11.8. The molecular formula is C12H19N3O2S. The fraction of sp³-hybridized carbons (Fsp3) is 0.667. The summed E-state index contributed by atoms with van der Waals surface area (Å²) in [5, 5.41) is 9.87. The average Bonchev–Trinajstić information content (AvgIpc) is 2.71. The Labute approximate surface area is 111 Å². The molecule has 1 aliphatic heterocycles. The van der Waals surface area contributed by atoms with Gasteiger partial charge in [0, 0.05) is 30.6 Å². The molecule has 1 aromatic heterocycles. The minimum atomic E-state index is -0.935. The monoisotopic (exact) mass is 269 g/mol. The Morgan fingerprint density at radius 1 is 1.56 bits per heavy atom. The molecule has 2 rings (SSSR count). The Morgan fingerprint density at radius 2 is 2.28 bits per heavy atom. The van der Waals surface area contributed by atoms with Gasteiger partial charge in [0.1, 0.15) is 0 Å². The lowest BCUT2D eigenvalue weighted by Gasteiger charge is -2.39. The first kappa shape index (κ1) is 13.3. The molecule has 2 heterocycles. The minimum absolute atomic E-state index is 0.195. The van der Waals surface area contributed by atoms with Gasteiger partial charge in [0.15, 0.2) is 10.8 Å². The number of aromatic carboxylic acids is 1. The topological polar surface area (TPSA) is 56.7 Å². The summed E-state index contributed by atoms with van der Waals surface area (Å²) < 4.78 is 0. The summed E-state index contributed by atoms with van der Waals surface area (Å²) in [7, 11) is 0. The van der Waals surface area contributed by atoms with Gasteiger partial charge in [0.2, 0.25) is 0 Å². The molecule has 0 spiro atoms. The fourth-order valence-electron chi connectivity index (χ4n) is 2.35. The maximum atomic E-state index is 11.0. The number of rotatable bonds is 3. The molecule has 100 valence electrons. The lowest BCUT2D eigenvalue weighted by Crippen LogP contribution is -2.51. The lowest BCUT2D eigenvalue weighted by atomic mass is 10.2. The SMILES string of the molecule is CCN1CCN(c2nc(C(=O)O)c(C)s2)CC1C. The zero-order valence-electron chi connectivity index (χ0n) is 11.0. The normalized spacial score (nSPS) is 21.3. The van der Waals surface area contributed by atoms with Crippen molar-refractivity contribution in [3.8, 4) is 0 Å². The maximum absolute atomic E-state index is 11.0. The van der Waals surface area contributed by atoms with Gasteiger partial charge >= 0.3 is 5.97 Å². The van der Waals surface area contributed by atoms with E-state index in [0.717, 1.165) is 36.2 Å². The number of nitrogens with zero attached hydrogens (tertiary/aromatic N) is 3. The van der Waals surface area contributed by atoms with Gasteiger partial charge in [-0.25, -0.2) is 9.78 Å². The average molecular weight is 269 g/mol. The first-order valence-electron chi connectivity index (χ1n) is 6.22. The molecule has 1 aliphatic rings. The molecule has 1 atom stereocenters. The van der Waals surface area contributed by atoms with Crippen molar-refractivity contribution in [3.05, 3.63) is 10.6 Å². The number of piperazine rings is 1. The summed E-state index contributed by atoms with van der Waals surface area (Å²) in [6.07, 6.45) is 0. The van der Waals surface area contributed by atoms with E-state index in [4.69, 9.17) is 5.11 Å². The molecule has 18 heavy (non-hydrogen) atoms. The van der Waals surface area contributed by atoms with Crippen LogP contribution < -0.4 is 4.90 Å². The molecule has 0 aliphatic carbocycles. The second-order valence-electron chi connectivity index (χ2n) is 4.63. The predicted octanol–water partition coefficient (Wildman–Crippen LogP) is 1.68. The molecule has 1 fully saturated rings. The van der Waals surface area contributed by atoms with E-state index in [9.17, 15) is 4.79 Å². The van der Waals surface area contributed by atoms with Gasteiger partial charge in [-0.3, -0.25) is 4.90 Å². The molecule has 0 aromatic carbocycles. The second kappa shape index (κ2) is 5.24. The van der Waals surface area contributed by atoms with Gasteiger partial charge in [-0.05, 0) is 20.4 Å². The maximum Gasteiger partial charge on any atom is 0.355 e. The van der Waals surface area contributed by atoms with Crippen LogP contribution in [0.1, 0.15) is 29.2 Å². The number of carbonyl (C=O) groups is 1. The quantitative estimate of drug-likeness (QED) is 0.904. The Hall–Kier alpha value is -1.14. The standard InChI is InChI=1S/C12H19N3O2S/c1-4-14-5-6-15(7-8(14)2)12-13-10(11(16)17)9(3)18-12/h8H,4-7H2,1-3H3,(H,16,17). The van der Waals surface area contributed by atoms with Gasteiger partial charge in [0.05, 0.1) is 0 Å². The smallest absolute Gasteiger partial charge is 0.355 e. The number of aromatic nitrogens is 1. The van der Waals surface area contributed by atoms with Crippen LogP contribution in [-0.4, -0.2) is 53.2 Å². The van der Waals surface area contributed by atoms with Gasteiger partial charge < -0.3 is 10.0 Å². The van der Waals surface area contributed by atoms with Crippen molar-refractivity contribution in [3.63, 3.8) is 0 Å². The van der Waals surface area contributed by atoms with Crippen molar-refractivity contribution in [1.82, 2.24) is 9.88 Å². The number of hydrogen-bond donors (Lipinski definition) is 1. The molecule has 0 amide bonds. The number of carboxylic acid groups (broad SMARTS) is 1. The summed E-state index contributed by atoms with van der Waals surface area (Å²) in [4.78, 5) is 20.6. The predicted molar refractivity (Wildman–Crippen MR) is 72.7 cm³/mol. The highest BCUT2D eigenvalue weighted by Crippen LogP contribution is 2.27. The van der Waals surface area contributed by atoms with Crippen LogP contribution in [0, 0.1) is 6.92 Å². The Kier molecular flexibility index (Phi) is 3.87. The summed E-state index contributed by atoms with van der Waals surface area (Å²) >= 11 is 1.48. The van der Waals surface area contributed by atoms with Crippen LogP contribution in [-0.2, 0) is 0 Å². The van der Waals surface area contributed by atoms with Gasteiger partial charge in [-0.1, -0.05) is 6.92 Å². The Morgan fingerprint density at radius 3 is 2.78 bits per heavy atom. The summed E-state index contributed by atoms with van der Waals surface area (Å²) in [5.74, 6) is -0.935. The van der Waals surface area contributed by atoms with Crippen LogP contribution >= 0.6 is 11.3 Å². The zero-order chi connectivity index (χ0) is 13.3. The first-order chi connectivity index (χ1) is 8.52. The molecule has 0 radical (unpaired) electrons. The van der Waals surface area contributed by atoms with Crippen molar-refractivity contribution in [2.75, 3.05) is 31.1 Å². The third kappa shape index (κ3) is 2.49. The number of likely N-dealkylation sites (N-methyl/N-ethyl adjacent to an activating group) is 1.